The van der Waals surface area contributed by atoms with Gasteiger partial charge in [-0.2, -0.15) is 0 Å². The average Bonchev–Trinajstić information content (AvgIpc) is 2.48. The molecule has 0 bridgehead atoms. The molecule has 0 aromatic rings. The Kier molecular flexibility index (Phi) is 5.97. The number of hydrogen-bond acceptors (Lipinski definition) is 4. The third-order valence-corrected chi connectivity index (χ3v) is 4.15. The lowest BCUT2D eigenvalue weighted by Crippen LogP contribution is -2.30. The van der Waals surface area contributed by atoms with E-state index in [1.165, 1.54) is 0 Å². The first-order chi connectivity index (χ1) is 6.03. The van der Waals surface area contributed by atoms with Gasteiger partial charge in [-0.3, -0.25) is 0 Å². The Balaban J connectivity index is 0.00000169. The van der Waals surface area contributed by atoms with Crippen LogP contribution in [0.15, 0.2) is 0 Å². The minimum Gasteiger partial charge on any atom is -0.326 e. The van der Waals surface area contributed by atoms with Gasteiger partial charge in [0.2, 0.25) is 0 Å². The molecule has 86 valence electrons. The van der Waals surface area contributed by atoms with E-state index < -0.39 is 9.84 Å². The van der Waals surface area contributed by atoms with Crippen molar-refractivity contribution >= 4 is 22.2 Å². The van der Waals surface area contributed by atoms with Crippen molar-refractivity contribution < 1.29 is 8.42 Å². The van der Waals surface area contributed by atoms with E-state index in [4.69, 9.17) is 5.73 Å². The van der Waals surface area contributed by atoms with E-state index in [1.807, 2.05) is 0 Å². The van der Waals surface area contributed by atoms with E-state index in [9.17, 15) is 8.42 Å². The van der Waals surface area contributed by atoms with Gasteiger partial charge in [0.1, 0.15) is 0 Å². The van der Waals surface area contributed by atoms with Gasteiger partial charge < -0.3 is 10.6 Å². The molecule has 0 amide bonds. The Morgan fingerprint density at radius 3 is 2.57 bits per heavy atom. The first-order valence-corrected chi connectivity index (χ1v) is 6.54. The topological polar surface area (TPSA) is 63.4 Å². The zero-order chi connectivity index (χ0) is 9.90. The maximum atomic E-state index is 11.2. The fourth-order valence-electron chi connectivity index (χ4n) is 1.48. The molecular weight excluding hydrogens is 224 g/mol. The summed E-state index contributed by atoms with van der Waals surface area (Å²) >= 11 is 0. The summed E-state index contributed by atoms with van der Waals surface area (Å²) in [5.74, 6) is 0.517. The number of nitrogens with zero attached hydrogens (tertiary/aromatic N) is 1. The van der Waals surface area contributed by atoms with Crippen LogP contribution >= 0.6 is 12.4 Å². The molecule has 0 aromatic heterocycles. The summed E-state index contributed by atoms with van der Waals surface area (Å²) in [6, 6.07) is 0.240. The van der Waals surface area contributed by atoms with Crippen LogP contribution in [0.3, 0.4) is 0 Å². The maximum Gasteiger partial charge on any atom is 0.151 e. The smallest absolute Gasteiger partial charge is 0.151 e. The fraction of sp³-hybridized carbons (Fsp3) is 1.00. The molecule has 1 aliphatic heterocycles. The summed E-state index contributed by atoms with van der Waals surface area (Å²) < 4.78 is 22.4. The van der Waals surface area contributed by atoms with Crippen LogP contribution in [0.4, 0.5) is 0 Å². The zero-order valence-electron chi connectivity index (χ0n) is 8.48. The Bertz CT molecular complexity index is 256. The highest BCUT2D eigenvalue weighted by molar-refractivity contribution is 7.91. The number of hydrogen-bond donors (Lipinski definition) is 1. The lowest BCUT2D eigenvalue weighted by molar-refractivity contribution is 0.354. The monoisotopic (exact) mass is 242 g/mol. The molecule has 2 N–H and O–H groups in total. The number of halogens is 1. The molecule has 0 saturated carbocycles. The van der Waals surface area contributed by atoms with Crippen molar-refractivity contribution in [3.05, 3.63) is 0 Å². The first-order valence-electron chi connectivity index (χ1n) is 4.72. The van der Waals surface area contributed by atoms with E-state index in [1.54, 1.807) is 6.92 Å². The van der Waals surface area contributed by atoms with Crippen molar-refractivity contribution in [2.45, 2.75) is 19.4 Å². The summed E-state index contributed by atoms with van der Waals surface area (Å²) in [6.45, 7) is 4.12. The molecule has 0 aromatic carbocycles. The van der Waals surface area contributed by atoms with Crippen LogP contribution in [-0.4, -0.2) is 50.5 Å². The summed E-state index contributed by atoms with van der Waals surface area (Å²) in [5, 5.41) is 0. The maximum absolute atomic E-state index is 11.2. The molecule has 14 heavy (non-hydrogen) atoms. The molecule has 0 aliphatic carbocycles. The van der Waals surface area contributed by atoms with Gasteiger partial charge >= 0.3 is 0 Å². The number of sulfone groups is 1. The average molecular weight is 243 g/mol. The van der Waals surface area contributed by atoms with Crippen molar-refractivity contribution in [1.29, 1.82) is 0 Å². The predicted molar refractivity (Wildman–Crippen MR) is 60.6 cm³/mol. The Labute approximate surface area is 92.2 Å². The first kappa shape index (κ1) is 14.2. The zero-order valence-corrected chi connectivity index (χ0v) is 10.1. The second-order valence-electron chi connectivity index (χ2n) is 3.59. The van der Waals surface area contributed by atoms with Crippen LogP contribution in [0.5, 0.6) is 0 Å². The van der Waals surface area contributed by atoms with Crippen molar-refractivity contribution in [2.24, 2.45) is 5.73 Å². The summed E-state index contributed by atoms with van der Waals surface area (Å²) in [6.07, 6.45) is 0.992. The van der Waals surface area contributed by atoms with Crippen LogP contribution in [0, 0.1) is 0 Å². The van der Waals surface area contributed by atoms with Crippen LogP contribution in [0.2, 0.25) is 0 Å². The van der Waals surface area contributed by atoms with Gasteiger partial charge in [0.25, 0.3) is 0 Å². The second kappa shape index (κ2) is 5.90. The predicted octanol–water partition coefficient (Wildman–Crippen LogP) is -0.124. The lowest BCUT2D eigenvalue weighted by atomic mass is 10.3. The molecule has 0 spiro atoms. The minimum absolute atomic E-state index is 0. The largest absolute Gasteiger partial charge is 0.326 e. The highest BCUT2D eigenvalue weighted by Crippen LogP contribution is 2.06. The minimum atomic E-state index is -2.81. The van der Waals surface area contributed by atoms with E-state index in [0.717, 1.165) is 19.5 Å². The van der Waals surface area contributed by atoms with Crippen molar-refractivity contribution in [3.8, 4) is 0 Å². The number of rotatable bonds is 4. The summed E-state index contributed by atoms with van der Waals surface area (Å²) in [4.78, 5) is 2.12. The molecular formula is C8H19ClN2O2S. The van der Waals surface area contributed by atoms with Crippen LogP contribution in [0.25, 0.3) is 0 Å². The molecule has 1 atom stereocenters. The number of nitrogens with two attached hydrogens (primary N) is 1. The van der Waals surface area contributed by atoms with Crippen LogP contribution < -0.4 is 5.73 Å². The molecule has 4 nitrogen and oxygen atoms in total. The molecule has 1 unspecified atom stereocenters. The molecule has 0 radical (unpaired) electrons. The second-order valence-corrected chi connectivity index (χ2v) is 6.06. The Morgan fingerprint density at radius 2 is 2.14 bits per heavy atom. The molecule has 1 heterocycles. The molecule has 1 fully saturated rings. The Hall–Kier alpha value is 0.160. The SMILES string of the molecule is CCS(=O)(=O)CCN1CCC(N)C1.Cl. The highest BCUT2D eigenvalue weighted by Gasteiger charge is 2.20. The summed E-state index contributed by atoms with van der Waals surface area (Å²) in [5.41, 5.74) is 5.71. The lowest BCUT2D eigenvalue weighted by Gasteiger charge is -2.14. The van der Waals surface area contributed by atoms with Crippen LogP contribution in [-0.2, 0) is 9.84 Å². The standard InChI is InChI=1S/C8H18N2O2S.ClH/c1-2-13(11,12)6-5-10-4-3-8(9)7-10;/h8H,2-7,9H2,1H3;1H. The van der Waals surface area contributed by atoms with E-state index in [-0.39, 0.29) is 30.0 Å². The van der Waals surface area contributed by atoms with Gasteiger partial charge in [-0.25, -0.2) is 8.42 Å². The molecule has 1 aliphatic rings. The van der Waals surface area contributed by atoms with E-state index in [0.29, 0.717) is 6.54 Å². The normalized spacial score (nSPS) is 23.4. The van der Waals surface area contributed by atoms with Gasteiger partial charge in [-0.15, -0.1) is 12.4 Å². The van der Waals surface area contributed by atoms with Gasteiger partial charge in [0.15, 0.2) is 9.84 Å². The fourth-order valence-corrected chi connectivity index (χ4v) is 2.30. The quantitative estimate of drug-likeness (QED) is 0.747. The van der Waals surface area contributed by atoms with Crippen molar-refractivity contribution in [3.63, 3.8) is 0 Å². The van der Waals surface area contributed by atoms with Crippen molar-refractivity contribution in [2.75, 3.05) is 31.1 Å². The van der Waals surface area contributed by atoms with Gasteiger partial charge in [-0.1, -0.05) is 6.92 Å². The summed E-state index contributed by atoms with van der Waals surface area (Å²) in [7, 11) is -2.81. The van der Waals surface area contributed by atoms with Crippen LogP contribution in [0.1, 0.15) is 13.3 Å². The van der Waals surface area contributed by atoms with Gasteiger partial charge in [0.05, 0.1) is 5.75 Å². The van der Waals surface area contributed by atoms with Crippen molar-refractivity contribution in [1.82, 2.24) is 4.90 Å². The molecule has 1 rings (SSSR count). The highest BCUT2D eigenvalue weighted by atomic mass is 35.5. The third kappa shape index (κ3) is 4.59. The van der Waals surface area contributed by atoms with E-state index in [2.05, 4.69) is 4.90 Å². The van der Waals surface area contributed by atoms with E-state index >= 15 is 0 Å². The van der Waals surface area contributed by atoms with Gasteiger partial charge in [0, 0.05) is 24.9 Å². The number of likely N-dealkylation sites (tertiary alicyclic amines) is 1. The third-order valence-electron chi connectivity index (χ3n) is 2.47. The molecule has 1 saturated heterocycles. The molecule has 6 heteroatoms. The Morgan fingerprint density at radius 1 is 1.50 bits per heavy atom. The van der Waals surface area contributed by atoms with Gasteiger partial charge in [-0.05, 0) is 13.0 Å².